The van der Waals surface area contributed by atoms with Gasteiger partial charge in [-0.25, -0.2) is 0 Å². The summed E-state index contributed by atoms with van der Waals surface area (Å²) in [5, 5.41) is 6.19. The number of carbonyl (C=O) groups is 1. The minimum Gasteiger partial charge on any atom is -0.355 e. The first-order valence-electron chi connectivity index (χ1n) is 6.34. The van der Waals surface area contributed by atoms with Crippen LogP contribution >= 0.6 is 15.9 Å². The Morgan fingerprint density at radius 3 is 2.61 bits per heavy atom. The second-order valence-corrected chi connectivity index (χ2v) is 5.28. The molecule has 1 unspecified atom stereocenters. The number of hydrogen-bond donors (Lipinski definition) is 2. The van der Waals surface area contributed by atoms with Gasteiger partial charge in [-0.2, -0.15) is 0 Å². The highest BCUT2D eigenvalue weighted by molar-refractivity contribution is 9.10. The first kappa shape index (κ1) is 15.2. The van der Waals surface area contributed by atoms with E-state index in [2.05, 4.69) is 39.6 Å². The van der Waals surface area contributed by atoms with Crippen molar-refractivity contribution in [2.24, 2.45) is 0 Å². The Kier molecular flexibility index (Phi) is 6.36. The van der Waals surface area contributed by atoms with Gasteiger partial charge in [0.05, 0.1) is 6.04 Å². The maximum atomic E-state index is 11.8. The van der Waals surface area contributed by atoms with Crippen LogP contribution in [0.2, 0.25) is 0 Å². The summed E-state index contributed by atoms with van der Waals surface area (Å²) in [6.45, 7) is 6.72. The van der Waals surface area contributed by atoms with Crippen LogP contribution in [0.25, 0.3) is 0 Å². The van der Waals surface area contributed by atoms with Crippen LogP contribution in [0, 0.1) is 0 Å². The van der Waals surface area contributed by atoms with E-state index in [1.54, 1.807) is 0 Å². The molecule has 0 saturated carbocycles. The third-order valence-electron chi connectivity index (χ3n) is 2.81. The number of carbonyl (C=O) groups excluding carboxylic acids is 1. The molecule has 2 N–H and O–H groups in total. The fourth-order valence-corrected chi connectivity index (χ4v) is 2.40. The van der Waals surface area contributed by atoms with E-state index in [0.29, 0.717) is 0 Å². The molecule has 0 bridgehead atoms. The molecule has 0 spiro atoms. The number of nitrogens with one attached hydrogen (secondary N) is 2. The van der Waals surface area contributed by atoms with Gasteiger partial charge >= 0.3 is 0 Å². The summed E-state index contributed by atoms with van der Waals surface area (Å²) in [4.78, 5) is 11.8. The highest BCUT2D eigenvalue weighted by Crippen LogP contribution is 2.22. The van der Waals surface area contributed by atoms with Crippen molar-refractivity contribution in [3.05, 3.63) is 34.3 Å². The largest absolute Gasteiger partial charge is 0.355 e. The quantitative estimate of drug-likeness (QED) is 0.847. The zero-order chi connectivity index (χ0) is 13.5. The molecule has 1 aromatic rings. The first-order chi connectivity index (χ1) is 8.56. The molecule has 0 heterocycles. The van der Waals surface area contributed by atoms with E-state index in [1.165, 1.54) is 0 Å². The molecule has 0 radical (unpaired) electrons. The van der Waals surface area contributed by atoms with Crippen molar-refractivity contribution in [2.75, 3.05) is 6.54 Å². The van der Waals surface area contributed by atoms with Gasteiger partial charge in [0.2, 0.25) is 5.91 Å². The van der Waals surface area contributed by atoms with E-state index in [0.717, 1.165) is 23.0 Å². The van der Waals surface area contributed by atoms with Gasteiger partial charge < -0.3 is 5.32 Å². The molecule has 4 heteroatoms. The van der Waals surface area contributed by atoms with Crippen LogP contribution in [0.3, 0.4) is 0 Å². The lowest BCUT2D eigenvalue weighted by molar-refractivity contribution is -0.122. The molecule has 0 fully saturated rings. The van der Waals surface area contributed by atoms with E-state index in [4.69, 9.17) is 0 Å². The molecule has 0 aliphatic heterocycles. The lowest BCUT2D eigenvalue weighted by Gasteiger charge is -2.20. The summed E-state index contributed by atoms with van der Waals surface area (Å²) in [6.07, 6.45) is 0.957. The summed E-state index contributed by atoms with van der Waals surface area (Å²) in [5.41, 5.74) is 1.16. The van der Waals surface area contributed by atoms with Crippen LogP contribution in [0.4, 0.5) is 0 Å². The molecule has 2 atom stereocenters. The number of hydrogen-bond acceptors (Lipinski definition) is 2. The van der Waals surface area contributed by atoms with Crippen LogP contribution in [-0.4, -0.2) is 18.5 Å². The first-order valence-corrected chi connectivity index (χ1v) is 7.13. The van der Waals surface area contributed by atoms with Gasteiger partial charge in [-0.15, -0.1) is 0 Å². The molecule has 18 heavy (non-hydrogen) atoms. The monoisotopic (exact) mass is 312 g/mol. The highest BCUT2D eigenvalue weighted by atomic mass is 79.9. The van der Waals surface area contributed by atoms with E-state index < -0.39 is 0 Å². The van der Waals surface area contributed by atoms with E-state index in [1.807, 2.05) is 32.0 Å². The molecule has 1 rings (SSSR count). The summed E-state index contributed by atoms with van der Waals surface area (Å²) in [7, 11) is 0. The Labute approximate surface area is 117 Å². The van der Waals surface area contributed by atoms with Crippen molar-refractivity contribution < 1.29 is 4.79 Å². The Morgan fingerprint density at radius 2 is 2.00 bits per heavy atom. The van der Waals surface area contributed by atoms with Crippen LogP contribution in [0.15, 0.2) is 28.7 Å². The second kappa shape index (κ2) is 7.54. The van der Waals surface area contributed by atoms with Crippen molar-refractivity contribution in [1.82, 2.24) is 10.6 Å². The zero-order valence-corrected chi connectivity index (χ0v) is 12.8. The van der Waals surface area contributed by atoms with Crippen molar-refractivity contribution in [1.29, 1.82) is 0 Å². The standard InChI is InChI=1S/C14H21BrN2O/c1-4-9-16-14(18)11(3)17-10(2)12-7-5-6-8-13(12)15/h5-8,10-11,17H,4,9H2,1-3H3,(H,16,18)/t10-,11?/m1/s1. The highest BCUT2D eigenvalue weighted by Gasteiger charge is 2.16. The third kappa shape index (κ3) is 4.42. The fraction of sp³-hybridized carbons (Fsp3) is 0.500. The molecule has 0 saturated heterocycles. The van der Waals surface area contributed by atoms with Gasteiger partial charge in [-0.05, 0) is 31.9 Å². The van der Waals surface area contributed by atoms with Crippen LogP contribution in [0.1, 0.15) is 38.8 Å². The predicted octanol–water partition coefficient (Wildman–Crippen LogP) is 3.01. The molecule has 0 aliphatic rings. The topological polar surface area (TPSA) is 41.1 Å². The van der Waals surface area contributed by atoms with Crippen LogP contribution in [0.5, 0.6) is 0 Å². The van der Waals surface area contributed by atoms with Gasteiger partial charge in [-0.1, -0.05) is 41.1 Å². The summed E-state index contributed by atoms with van der Waals surface area (Å²) in [5.74, 6) is 0.0516. The molecule has 100 valence electrons. The van der Waals surface area contributed by atoms with Crippen molar-refractivity contribution in [3.8, 4) is 0 Å². The average Bonchev–Trinajstić information content (AvgIpc) is 2.36. The Hall–Kier alpha value is -0.870. The molecule has 3 nitrogen and oxygen atoms in total. The van der Waals surface area contributed by atoms with Gasteiger partial charge in [0.15, 0.2) is 0 Å². The van der Waals surface area contributed by atoms with Gasteiger partial charge in [-0.3, -0.25) is 10.1 Å². The minimum absolute atomic E-state index is 0.0516. The van der Waals surface area contributed by atoms with E-state index in [9.17, 15) is 4.79 Å². The number of benzene rings is 1. The smallest absolute Gasteiger partial charge is 0.236 e. The van der Waals surface area contributed by atoms with Crippen LogP contribution < -0.4 is 10.6 Å². The van der Waals surface area contributed by atoms with Gasteiger partial charge in [0, 0.05) is 17.1 Å². The summed E-state index contributed by atoms with van der Waals surface area (Å²) in [6, 6.07) is 7.98. The Balaban J connectivity index is 2.57. The summed E-state index contributed by atoms with van der Waals surface area (Å²) >= 11 is 3.53. The van der Waals surface area contributed by atoms with Crippen molar-refractivity contribution >= 4 is 21.8 Å². The Bertz CT molecular complexity index is 395. The predicted molar refractivity (Wildman–Crippen MR) is 78.5 cm³/mol. The van der Waals surface area contributed by atoms with E-state index in [-0.39, 0.29) is 18.0 Å². The Morgan fingerprint density at radius 1 is 1.33 bits per heavy atom. The number of halogens is 1. The minimum atomic E-state index is -0.196. The SMILES string of the molecule is CCCNC(=O)C(C)N[C@H](C)c1ccccc1Br. The maximum Gasteiger partial charge on any atom is 0.236 e. The molecular weight excluding hydrogens is 292 g/mol. The normalized spacial score (nSPS) is 14.0. The lowest BCUT2D eigenvalue weighted by Crippen LogP contribution is -2.43. The van der Waals surface area contributed by atoms with Gasteiger partial charge in [0.1, 0.15) is 0 Å². The fourth-order valence-electron chi connectivity index (χ4n) is 1.77. The molecular formula is C14H21BrN2O. The molecule has 0 aliphatic carbocycles. The molecule has 1 aromatic carbocycles. The van der Waals surface area contributed by atoms with Crippen molar-refractivity contribution in [3.63, 3.8) is 0 Å². The van der Waals surface area contributed by atoms with Gasteiger partial charge in [0.25, 0.3) is 0 Å². The molecule has 1 amide bonds. The third-order valence-corrected chi connectivity index (χ3v) is 3.54. The second-order valence-electron chi connectivity index (χ2n) is 4.42. The van der Waals surface area contributed by atoms with Crippen LogP contribution in [-0.2, 0) is 4.79 Å². The van der Waals surface area contributed by atoms with E-state index >= 15 is 0 Å². The maximum absolute atomic E-state index is 11.8. The zero-order valence-electron chi connectivity index (χ0n) is 11.2. The molecule has 0 aromatic heterocycles. The lowest BCUT2D eigenvalue weighted by atomic mass is 10.1. The average molecular weight is 313 g/mol. The number of rotatable bonds is 6. The number of amides is 1. The summed E-state index contributed by atoms with van der Waals surface area (Å²) < 4.78 is 1.06. The van der Waals surface area contributed by atoms with Crippen molar-refractivity contribution in [2.45, 2.75) is 39.3 Å².